The lowest BCUT2D eigenvalue weighted by atomic mass is 9.66. The van der Waals surface area contributed by atoms with E-state index in [2.05, 4.69) is 220 Å². The molecule has 14 aromatic rings. The van der Waals surface area contributed by atoms with Gasteiger partial charge >= 0.3 is 0 Å². The third-order valence-corrected chi connectivity index (χ3v) is 15.3. The van der Waals surface area contributed by atoms with Crippen molar-refractivity contribution in [3.8, 4) is 51.1 Å². The Kier molecular flexibility index (Phi) is 7.69. The van der Waals surface area contributed by atoms with Crippen LogP contribution in [0.4, 0.5) is 0 Å². The van der Waals surface area contributed by atoms with E-state index >= 15 is 0 Å². The zero-order valence-electron chi connectivity index (χ0n) is 38.0. The van der Waals surface area contributed by atoms with Crippen LogP contribution in [-0.2, 0) is 5.41 Å². The summed E-state index contributed by atoms with van der Waals surface area (Å²) in [7, 11) is 0. The van der Waals surface area contributed by atoms with Crippen LogP contribution in [0.25, 0.3) is 105 Å². The minimum atomic E-state index is -0.787. The number of para-hydroxylation sites is 5. The Morgan fingerprint density at radius 1 is 0.338 bits per heavy atom. The molecule has 1 spiro atoms. The first-order valence-electron chi connectivity index (χ1n) is 24.1. The van der Waals surface area contributed by atoms with Crippen LogP contribution in [0, 0.1) is 0 Å². The predicted molar refractivity (Wildman–Crippen MR) is 286 cm³/mol. The Balaban J connectivity index is 0.913. The number of benzene rings is 8. The SMILES string of the molecule is c1cnc2c(c1)C1(c3cc(-c4ccc5c(c4)c4ccccc4n5-c4cnccc4-n4c5ccccc5c5ccccc54)ccc3Oc3ccc(-n4c5ccccc5c5ccccc54)cc31)c1cccnc1-2. The van der Waals surface area contributed by atoms with Gasteiger partial charge in [0.15, 0.2) is 0 Å². The summed E-state index contributed by atoms with van der Waals surface area (Å²) in [4.78, 5) is 14.9. The van der Waals surface area contributed by atoms with E-state index in [1.807, 2.05) is 24.8 Å². The standard InChI is InChI=1S/C64H38N6O/c1-6-20-52-42(13-1)43-14-2-7-21-53(43)68(52)41-27-30-61-51(37-41)64(48-18-11-32-66-62(48)63-49(64)19-12-33-67-63)50-36-40(26-29-60(50)71-61)39-25-28-57-47(35-39)46-17-5-10-24-56(46)70(57)59-38-65-34-31-58(59)69-54-22-8-3-15-44(54)45-16-4-9-23-55(45)69/h1-38H. The van der Waals surface area contributed by atoms with E-state index in [0.717, 1.165) is 112 Å². The van der Waals surface area contributed by atoms with Gasteiger partial charge in [0.05, 0.1) is 67.5 Å². The summed E-state index contributed by atoms with van der Waals surface area (Å²) in [5, 5.41) is 7.20. The van der Waals surface area contributed by atoms with Crippen LogP contribution in [0.3, 0.4) is 0 Å². The molecular formula is C64H38N6O. The molecule has 71 heavy (non-hydrogen) atoms. The molecule has 0 fully saturated rings. The summed E-state index contributed by atoms with van der Waals surface area (Å²) in [5.74, 6) is 1.62. The molecule has 0 saturated carbocycles. The second-order valence-electron chi connectivity index (χ2n) is 18.7. The van der Waals surface area contributed by atoms with Gasteiger partial charge in [-0.15, -0.1) is 0 Å². The van der Waals surface area contributed by atoms with Gasteiger partial charge in [-0.05, 0) is 113 Å². The van der Waals surface area contributed by atoms with E-state index in [-0.39, 0.29) is 0 Å². The zero-order valence-corrected chi connectivity index (χ0v) is 38.0. The van der Waals surface area contributed by atoms with Gasteiger partial charge in [0.2, 0.25) is 0 Å². The maximum atomic E-state index is 7.05. The number of aromatic nitrogens is 6. The van der Waals surface area contributed by atoms with E-state index in [0.29, 0.717) is 0 Å². The van der Waals surface area contributed by atoms with Gasteiger partial charge in [0.1, 0.15) is 11.5 Å². The number of rotatable bonds is 4. The Hall–Kier alpha value is -9.59. The maximum absolute atomic E-state index is 7.05. The molecule has 0 saturated heterocycles. The van der Waals surface area contributed by atoms with Gasteiger partial charge in [-0.25, -0.2) is 0 Å². The quantitative estimate of drug-likeness (QED) is 0.176. The Bertz CT molecular complexity index is 4440. The molecule has 1 aliphatic heterocycles. The van der Waals surface area contributed by atoms with Crippen molar-refractivity contribution < 1.29 is 4.74 Å². The van der Waals surface area contributed by atoms with Crippen molar-refractivity contribution in [2.45, 2.75) is 5.41 Å². The third-order valence-electron chi connectivity index (χ3n) is 15.3. The summed E-state index contributed by atoms with van der Waals surface area (Å²) in [5.41, 5.74) is 17.4. The highest BCUT2D eigenvalue weighted by Crippen LogP contribution is 2.62. The van der Waals surface area contributed by atoms with Gasteiger partial charge in [0, 0.05) is 67.7 Å². The fraction of sp³-hybridized carbons (Fsp3) is 0.0156. The molecule has 330 valence electrons. The Morgan fingerprint density at radius 2 is 0.803 bits per heavy atom. The van der Waals surface area contributed by atoms with E-state index in [9.17, 15) is 0 Å². The lowest BCUT2D eigenvalue weighted by Crippen LogP contribution is -2.32. The second-order valence-corrected chi connectivity index (χ2v) is 18.7. The summed E-state index contributed by atoms with van der Waals surface area (Å²) in [6.07, 6.45) is 7.67. The number of pyridine rings is 3. The van der Waals surface area contributed by atoms with Crippen molar-refractivity contribution >= 4 is 65.4 Å². The first-order valence-corrected chi connectivity index (χ1v) is 24.1. The Labute approximate surface area is 406 Å². The van der Waals surface area contributed by atoms with Gasteiger partial charge in [-0.1, -0.05) is 115 Å². The highest BCUT2D eigenvalue weighted by atomic mass is 16.5. The predicted octanol–water partition coefficient (Wildman–Crippen LogP) is 15.3. The minimum absolute atomic E-state index is 0.787. The van der Waals surface area contributed by atoms with Crippen LogP contribution >= 0.6 is 0 Å². The minimum Gasteiger partial charge on any atom is -0.457 e. The average Bonchev–Trinajstić information content (AvgIpc) is 4.15. The summed E-state index contributed by atoms with van der Waals surface area (Å²) in [6.45, 7) is 0. The van der Waals surface area contributed by atoms with Crippen LogP contribution in [0.2, 0.25) is 0 Å². The summed E-state index contributed by atoms with van der Waals surface area (Å²) < 4.78 is 14.2. The van der Waals surface area contributed by atoms with Gasteiger partial charge in [-0.3, -0.25) is 15.0 Å². The molecule has 1 aliphatic carbocycles. The maximum Gasteiger partial charge on any atom is 0.132 e. The van der Waals surface area contributed by atoms with E-state index in [4.69, 9.17) is 19.7 Å². The average molecular weight is 907 g/mol. The first kappa shape index (κ1) is 38.4. The van der Waals surface area contributed by atoms with Crippen molar-refractivity contribution in [2.75, 3.05) is 0 Å². The fourth-order valence-corrected chi connectivity index (χ4v) is 12.4. The van der Waals surface area contributed by atoms with E-state index in [1.54, 1.807) is 0 Å². The number of ether oxygens (including phenoxy) is 1. The van der Waals surface area contributed by atoms with Crippen LogP contribution in [-0.4, -0.2) is 28.7 Å². The van der Waals surface area contributed by atoms with Crippen LogP contribution < -0.4 is 4.74 Å². The van der Waals surface area contributed by atoms with Gasteiger partial charge in [0.25, 0.3) is 0 Å². The van der Waals surface area contributed by atoms with Crippen molar-refractivity contribution in [3.05, 3.63) is 253 Å². The molecule has 0 radical (unpaired) electrons. The van der Waals surface area contributed by atoms with Gasteiger partial charge in [-0.2, -0.15) is 0 Å². The number of hydrogen-bond acceptors (Lipinski definition) is 4. The number of nitrogens with zero attached hydrogens (tertiary/aromatic N) is 6. The summed E-state index contributed by atoms with van der Waals surface area (Å²) >= 11 is 0. The molecule has 7 nitrogen and oxygen atoms in total. The van der Waals surface area contributed by atoms with Crippen LogP contribution in [0.5, 0.6) is 11.5 Å². The molecule has 2 aliphatic rings. The molecule has 0 N–H and O–H groups in total. The zero-order chi connectivity index (χ0) is 46.4. The molecule has 0 amide bonds. The van der Waals surface area contributed by atoms with E-state index < -0.39 is 5.41 Å². The van der Waals surface area contributed by atoms with Gasteiger partial charge < -0.3 is 18.4 Å². The van der Waals surface area contributed by atoms with Crippen molar-refractivity contribution in [1.29, 1.82) is 0 Å². The Morgan fingerprint density at radius 3 is 1.39 bits per heavy atom. The molecule has 0 bridgehead atoms. The smallest absolute Gasteiger partial charge is 0.132 e. The van der Waals surface area contributed by atoms with Crippen molar-refractivity contribution in [3.63, 3.8) is 0 Å². The molecular weight excluding hydrogens is 869 g/mol. The largest absolute Gasteiger partial charge is 0.457 e. The van der Waals surface area contributed by atoms with Crippen molar-refractivity contribution in [1.82, 2.24) is 28.7 Å². The number of fused-ring (bicyclic) bond motifs is 18. The molecule has 0 unspecified atom stereocenters. The lowest BCUT2D eigenvalue weighted by Gasteiger charge is -2.39. The molecule has 7 heterocycles. The van der Waals surface area contributed by atoms with Crippen LogP contribution in [0.15, 0.2) is 231 Å². The first-order chi connectivity index (χ1) is 35.2. The topological polar surface area (TPSA) is 62.7 Å². The lowest BCUT2D eigenvalue weighted by molar-refractivity contribution is 0.436. The normalized spacial score (nSPS) is 13.3. The highest BCUT2D eigenvalue weighted by Gasteiger charge is 2.52. The second kappa shape index (κ2) is 14.2. The number of hydrogen-bond donors (Lipinski definition) is 0. The van der Waals surface area contributed by atoms with Crippen LogP contribution in [0.1, 0.15) is 22.3 Å². The highest BCUT2D eigenvalue weighted by molar-refractivity contribution is 6.13. The molecule has 0 atom stereocenters. The fourth-order valence-electron chi connectivity index (χ4n) is 12.4. The molecule has 8 aromatic carbocycles. The van der Waals surface area contributed by atoms with E-state index in [1.165, 1.54) is 26.9 Å². The third kappa shape index (κ3) is 5.08. The molecule has 16 rings (SSSR count). The summed E-state index contributed by atoms with van der Waals surface area (Å²) in [6, 6.07) is 74.4. The monoisotopic (exact) mass is 906 g/mol. The molecule has 7 heteroatoms. The molecule has 6 aromatic heterocycles. The van der Waals surface area contributed by atoms with Crippen molar-refractivity contribution in [2.24, 2.45) is 0 Å².